The van der Waals surface area contributed by atoms with Crippen LogP contribution in [0, 0.1) is 0 Å². The molecular formula is C19H19F3N2O3. The summed E-state index contributed by atoms with van der Waals surface area (Å²) in [5.41, 5.74) is 1.55. The highest BCUT2D eigenvalue weighted by Crippen LogP contribution is 2.19. The molecule has 2 rings (SSSR count). The summed E-state index contributed by atoms with van der Waals surface area (Å²) in [5.74, 6) is -1.52. The second-order valence-electron chi connectivity index (χ2n) is 5.78. The van der Waals surface area contributed by atoms with Crippen molar-refractivity contribution in [1.29, 1.82) is 0 Å². The molecule has 0 aliphatic rings. The topological polar surface area (TPSA) is 67.4 Å². The van der Waals surface area contributed by atoms with E-state index in [-0.39, 0.29) is 24.6 Å². The van der Waals surface area contributed by atoms with Gasteiger partial charge in [-0.05, 0) is 41.8 Å². The molecule has 0 spiro atoms. The number of aryl methyl sites for hydroxylation is 1. The van der Waals surface area contributed by atoms with E-state index in [0.29, 0.717) is 17.7 Å². The number of carbonyl (C=O) groups excluding carboxylic acids is 2. The molecule has 144 valence electrons. The monoisotopic (exact) mass is 380 g/mol. The first-order valence-electron chi connectivity index (χ1n) is 8.14. The minimum atomic E-state index is -4.95. The van der Waals surface area contributed by atoms with E-state index in [2.05, 4.69) is 5.32 Å². The summed E-state index contributed by atoms with van der Waals surface area (Å²) in [6, 6.07) is 13.3. The zero-order valence-electron chi connectivity index (χ0n) is 14.6. The zero-order valence-corrected chi connectivity index (χ0v) is 14.6. The summed E-state index contributed by atoms with van der Waals surface area (Å²) in [6.07, 6.45) is -4.16. The Kier molecular flexibility index (Phi) is 6.81. The van der Waals surface area contributed by atoms with E-state index in [1.165, 1.54) is 18.2 Å². The normalized spacial score (nSPS) is 11.0. The molecule has 2 N–H and O–H groups in total. The number of ether oxygens (including phenoxy) is 1. The van der Waals surface area contributed by atoms with Crippen LogP contribution >= 0.6 is 0 Å². The first-order valence-corrected chi connectivity index (χ1v) is 8.14. The molecule has 0 unspecified atom stereocenters. The molecule has 0 aromatic heterocycles. The fraction of sp³-hybridized carbons (Fsp3) is 0.263. The summed E-state index contributed by atoms with van der Waals surface area (Å²) < 4.78 is 42.0. The number of hydrogen-bond acceptors (Lipinski definition) is 3. The van der Waals surface area contributed by atoms with E-state index >= 15 is 0 Å². The molecule has 0 heterocycles. The Morgan fingerprint density at radius 3 is 2.44 bits per heavy atom. The van der Waals surface area contributed by atoms with Crippen LogP contribution in [0.25, 0.3) is 0 Å². The van der Waals surface area contributed by atoms with Gasteiger partial charge in [0.25, 0.3) is 0 Å². The number of alkyl halides is 3. The number of hydrogen-bond donors (Lipinski definition) is 2. The van der Waals surface area contributed by atoms with E-state index in [1.54, 1.807) is 18.5 Å². The lowest BCUT2D eigenvalue weighted by Gasteiger charge is -2.10. The third-order valence-electron chi connectivity index (χ3n) is 3.71. The zero-order chi connectivity index (χ0) is 19.9. The van der Waals surface area contributed by atoms with Crippen molar-refractivity contribution in [2.75, 3.05) is 12.4 Å². The molecular weight excluding hydrogens is 361 g/mol. The van der Waals surface area contributed by atoms with E-state index in [4.69, 9.17) is 4.74 Å². The second-order valence-corrected chi connectivity index (χ2v) is 5.78. The highest BCUT2D eigenvalue weighted by molar-refractivity contribution is 5.94. The number of benzene rings is 2. The quantitative estimate of drug-likeness (QED) is 0.773. The summed E-state index contributed by atoms with van der Waals surface area (Å²) in [5, 5.41) is 4.48. The number of amides is 2. The van der Waals surface area contributed by atoms with Crippen LogP contribution < -0.4 is 15.4 Å². The van der Waals surface area contributed by atoms with Crippen molar-refractivity contribution >= 4 is 17.5 Å². The van der Waals surface area contributed by atoms with Gasteiger partial charge in [0, 0.05) is 18.7 Å². The molecule has 0 atom stereocenters. The van der Waals surface area contributed by atoms with Crippen LogP contribution in [0.2, 0.25) is 0 Å². The predicted molar refractivity (Wildman–Crippen MR) is 94.3 cm³/mol. The van der Waals surface area contributed by atoms with Gasteiger partial charge in [-0.25, -0.2) is 0 Å². The molecule has 2 aromatic rings. The van der Waals surface area contributed by atoms with Crippen LogP contribution in [0.15, 0.2) is 48.5 Å². The maximum atomic E-state index is 12.3. The van der Waals surface area contributed by atoms with Gasteiger partial charge < -0.3 is 15.4 Å². The van der Waals surface area contributed by atoms with Gasteiger partial charge in [0.2, 0.25) is 5.91 Å². The molecule has 0 radical (unpaired) electrons. The van der Waals surface area contributed by atoms with E-state index in [1.807, 2.05) is 24.3 Å². The first-order chi connectivity index (χ1) is 12.8. The standard InChI is InChI=1S/C19H19F3N2O3/c1-27-16-7-3-4-13(11-16)8-9-17(25)23-12-14-5-2-6-15(10-14)24-18(26)19(20,21)22/h2-7,10-11H,8-9,12H2,1H3,(H,23,25)(H,24,26). The smallest absolute Gasteiger partial charge is 0.471 e. The lowest BCUT2D eigenvalue weighted by molar-refractivity contribution is -0.167. The maximum absolute atomic E-state index is 12.3. The van der Waals surface area contributed by atoms with Crippen molar-refractivity contribution in [3.63, 3.8) is 0 Å². The van der Waals surface area contributed by atoms with Gasteiger partial charge in [0.15, 0.2) is 0 Å². The average Bonchev–Trinajstić information content (AvgIpc) is 2.64. The minimum absolute atomic E-state index is 0.0143. The lowest BCUT2D eigenvalue weighted by Crippen LogP contribution is -2.30. The molecule has 5 nitrogen and oxygen atoms in total. The molecule has 2 amide bonds. The molecule has 8 heteroatoms. The Hall–Kier alpha value is -3.03. The number of carbonyl (C=O) groups is 2. The number of halogens is 3. The SMILES string of the molecule is COc1cccc(CCC(=O)NCc2cccc(NC(=O)C(F)(F)F)c2)c1. The molecule has 0 bridgehead atoms. The fourth-order valence-corrected chi connectivity index (χ4v) is 2.34. The summed E-state index contributed by atoms with van der Waals surface area (Å²) in [7, 11) is 1.57. The van der Waals surface area contributed by atoms with E-state index in [0.717, 1.165) is 5.56 Å². The molecule has 0 aliphatic carbocycles. The highest BCUT2D eigenvalue weighted by Gasteiger charge is 2.38. The van der Waals surface area contributed by atoms with Crippen LogP contribution in [-0.2, 0) is 22.6 Å². The van der Waals surface area contributed by atoms with Crippen LogP contribution in [0.5, 0.6) is 5.75 Å². The first kappa shape index (κ1) is 20.3. The second kappa shape index (κ2) is 9.07. The molecule has 0 aliphatic heterocycles. The Bertz CT molecular complexity index is 807. The summed E-state index contributed by atoms with van der Waals surface area (Å²) in [6.45, 7) is 0.146. The Labute approximate surface area is 154 Å². The Morgan fingerprint density at radius 2 is 1.74 bits per heavy atom. The lowest BCUT2D eigenvalue weighted by atomic mass is 10.1. The summed E-state index contributed by atoms with van der Waals surface area (Å²) >= 11 is 0. The molecule has 0 saturated carbocycles. The fourth-order valence-electron chi connectivity index (χ4n) is 2.34. The highest BCUT2D eigenvalue weighted by atomic mass is 19.4. The number of rotatable bonds is 7. The van der Waals surface area contributed by atoms with Gasteiger partial charge in [-0.15, -0.1) is 0 Å². The third-order valence-corrected chi connectivity index (χ3v) is 3.71. The van der Waals surface area contributed by atoms with Crippen molar-refractivity contribution < 1.29 is 27.5 Å². The van der Waals surface area contributed by atoms with E-state index in [9.17, 15) is 22.8 Å². The Balaban J connectivity index is 1.84. The minimum Gasteiger partial charge on any atom is -0.497 e. The molecule has 27 heavy (non-hydrogen) atoms. The van der Waals surface area contributed by atoms with Crippen molar-refractivity contribution in [2.24, 2.45) is 0 Å². The van der Waals surface area contributed by atoms with Gasteiger partial charge in [-0.1, -0.05) is 24.3 Å². The van der Waals surface area contributed by atoms with Gasteiger partial charge >= 0.3 is 12.1 Å². The van der Waals surface area contributed by atoms with Crippen molar-refractivity contribution in [3.8, 4) is 5.75 Å². The van der Waals surface area contributed by atoms with Crippen LogP contribution in [-0.4, -0.2) is 25.1 Å². The van der Waals surface area contributed by atoms with Gasteiger partial charge in [0.05, 0.1) is 7.11 Å². The molecule has 0 fully saturated rings. The largest absolute Gasteiger partial charge is 0.497 e. The van der Waals surface area contributed by atoms with Crippen LogP contribution in [0.1, 0.15) is 17.5 Å². The van der Waals surface area contributed by atoms with Gasteiger partial charge in [0.1, 0.15) is 5.75 Å². The predicted octanol–water partition coefficient (Wildman–Crippen LogP) is 3.45. The Morgan fingerprint density at radius 1 is 1.04 bits per heavy atom. The summed E-state index contributed by atoms with van der Waals surface area (Å²) in [4.78, 5) is 22.9. The number of nitrogens with one attached hydrogen (secondary N) is 2. The number of anilines is 1. The third kappa shape index (κ3) is 6.65. The van der Waals surface area contributed by atoms with E-state index < -0.39 is 12.1 Å². The van der Waals surface area contributed by atoms with Gasteiger partial charge in [-0.3, -0.25) is 9.59 Å². The average molecular weight is 380 g/mol. The van der Waals surface area contributed by atoms with Crippen molar-refractivity contribution in [1.82, 2.24) is 5.32 Å². The molecule has 2 aromatic carbocycles. The maximum Gasteiger partial charge on any atom is 0.471 e. The van der Waals surface area contributed by atoms with Crippen molar-refractivity contribution in [3.05, 3.63) is 59.7 Å². The van der Waals surface area contributed by atoms with Crippen molar-refractivity contribution in [2.45, 2.75) is 25.6 Å². The van der Waals surface area contributed by atoms with Crippen LogP contribution in [0.3, 0.4) is 0 Å². The van der Waals surface area contributed by atoms with Gasteiger partial charge in [-0.2, -0.15) is 13.2 Å². The van der Waals surface area contributed by atoms with Crippen LogP contribution in [0.4, 0.5) is 18.9 Å². The molecule has 0 saturated heterocycles. The number of methoxy groups -OCH3 is 1.